The van der Waals surface area contributed by atoms with E-state index in [1.165, 1.54) is 18.2 Å². The summed E-state index contributed by atoms with van der Waals surface area (Å²) in [6.07, 6.45) is 4.14. The first-order valence-corrected chi connectivity index (χ1v) is 19.4. The fraction of sp³-hybridized carbons (Fsp3) is 0.103. The van der Waals surface area contributed by atoms with Crippen molar-refractivity contribution >= 4 is 54.7 Å². The molecule has 0 atom stereocenters. The molecule has 7 rings (SSSR count). The van der Waals surface area contributed by atoms with Gasteiger partial charge in [0.25, 0.3) is 25.8 Å². The molecular formula is C39H32ClN2O8S2+. The summed E-state index contributed by atoms with van der Waals surface area (Å²) in [5, 5.41) is 0.450. The number of oxazole rings is 1. The molecule has 52 heavy (non-hydrogen) atoms. The first-order valence-electron chi connectivity index (χ1n) is 16.2. The number of fused-ring (bicyclic) bond motifs is 2. The predicted molar refractivity (Wildman–Crippen MR) is 198 cm³/mol. The van der Waals surface area contributed by atoms with Crippen molar-refractivity contribution in [3.05, 3.63) is 155 Å². The van der Waals surface area contributed by atoms with E-state index in [2.05, 4.69) is 0 Å². The third-order valence-corrected chi connectivity index (χ3v) is 10.9. The minimum absolute atomic E-state index is 0.0332. The fourth-order valence-corrected chi connectivity index (χ4v) is 7.80. The Balaban J connectivity index is 1.36. The van der Waals surface area contributed by atoms with Crippen LogP contribution in [0.25, 0.3) is 28.3 Å². The molecule has 0 saturated carbocycles. The number of ether oxygens (including phenoxy) is 1. The summed E-state index contributed by atoms with van der Waals surface area (Å²) < 4.78 is 83.8. The van der Waals surface area contributed by atoms with Gasteiger partial charge >= 0.3 is 5.89 Å². The van der Waals surface area contributed by atoms with Crippen molar-refractivity contribution in [1.82, 2.24) is 0 Å². The third kappa shape index (κ3) is 7.25. The van der Waals surface area contributed by atoms with Crippen LogP contribution in [0.1, 0.15) is 30.4 Å². The van der Waals surface area contributed by atoms with Crippen molar-refractivity contribution in [2.45, 2.75) is 36.2 Å². The van der Waals surface area contributed by atoms with Gasteiger partial charge in [-0.2, -0.15) is 21.4 Å². The zero-order valence-corrected chi connectivity index (χ0v) is 30.1. The molecule has 0 amide bonds. The molecule has 2 N–H and O–H groups in total. The largest absolute Gasteiger partial charge is 0.439 e. The molecule has 0 spiro atoms. The molecular weight excluding hydrogens is 724 g/mol. The third-order valence-electron chi connectivity index (χ3n) is 8.71. The fourth-order valence-electron chi connectivity index (χ4n) is 6.20. The van der Waals surface area contributed by atoms with E-state index in [4.69, 9.17) is 20.8 Å². The van der Waals surface area contributed by atoms with Gasteiger partial charge in [0, 0.05) is 22.7 Å². The Labute approximate surface area is 306 Å². The quantitative estimate of drug-likeness (QED) is 0.104. The number of allylic oxidation sites excluding steroid dienone is 2. The van der Waals surface area contributed by atoms with Gasteiger partial charge in [-0.3, -0.25) is 9.11 Å². The number of nitrogens with zero attached hydrogens (tertiary/aromatic N) is 2. The molecule has 0 radical (unpaired) electrons. The first kappa shape index (κ1) is 35.2. The van der Waals surface area contributed by atoms with Crippen molar-refractivity contribution in [3.63, 3.8) is 0 Å². The smallest absolute Gasteiger partial charge is 0.374 e. The van der Waals surface area contributed by atoms with Crippen LogP contribution < -0.4 is 14.2 Å². The van der Waals surface area contributed by atoms with Crippen LogP contribution in [0.3, 0.4) is 0 Å². The van der Waals surface area contributed by atoms with Crippen molar-refractivity contribution in [3.8, 4) is 16.9 Å². The van der Waals surface area contributed by atoms with E-state index in [0.29, 0.717) is 56.9 Å². The van der Waals surface area contributed by atoms with E-state index in [1.54, 1.807) is 53.4 Å². The molecule has 0 bridgehead atoms. The topological polar surface area (TPSA) is 138 Å². The summed E-state index contributed by atoms with van der Waals surface area (Å²) in [6.45, 7) is 2.04. The summed E-state index contributed by atoms with van der Waals surface area (Å²) in [6, 6.07) is 33.2. The van der Waals surface area contributed by atoms with E-state index in [9.17, 15) is 25.9 Å². The van der Waals surface area contributed by atoms with Gasteiger partial charge in [0.2, 0.25) is 11.5 Å². The van der Waals surface area contributed by atoms with Crippen molar-refractivity contribution in [2.24, 2.45) is 0 Å². The number of hydrogen-bond donors (Lipinski definition) is 2. The number of benzene rings is 5. The molecule has 0 unspecified atom stereocenters. The van der Waals surface area contributed by atoms with Crippen LogP contribution >= 0.6 is 11.6 Å². The Hall–Kier alpha value is -5.24. The normalized spacial score (nSPS) is 14.2. The Morgan fingerprint density at radius 3 is 2.13 bits per heavy atom. The molecule has 1 aliphatic heterocycles. The Morgan fingerprint density at radius 1 is 0.788 bits per heavy atom. The highest BCUT2D eigenvalue weighted by Crippen LogP contribution is 2.42. The Morgan fingerprint density at radius 2 is 1.44 bits per heavy atom. The number of anilines is 1. The molecule has 6 aromatic rings. The first-order chi connectivity index (χ1) is 24.9. The van der Waals surface area contributed by atoms with Gasteiger partial charge < -0.3 is 14.1 Å². The van der Waals surface area contributed by atoms with E-state index in [-0.39, 0.29) is 22.9 Å². The number of rotatable bonds is 10. The predicted octanol–water partition coefficient (Wildman–Crippen LogP) is 8.32. The zero-order valence-electron chi connectivity index (χ0n) is 27.7. The minimum Gasteiger partial charge on any atom is -0.439 e. The second-order valence-corrected chi connectivity index (χ2v) is 15.3. The lowest BCUT2D eigenvalue weighted by molar-refractivity contribution is -0.669. The van der Waals surface area contributed by atoms with Gasteiger partial charge in [-0.05, 0) is 65.1 Å². The Bertz CT molecular complexity index is 2620. The molecule has 5 aromatic carbocycles. The second-order valence-electron chi connectivity index (χ2n) is 12.1. The zero-order chi connectivity index (χ0) is 36.6. The van der Waals surface area contributed by atoms with Gasteiger partial charge in [-0.25, -0.2) is 0 Å². The maximum Gasteiger partial charge on any atom is 0.374 e. The van der Waals surface area contributed by atoms with Crippen LogP contribution in [0.5, 0.6) is 5.75 Å². The Kier molecular flexibility index (Phi) is 9.51. The maximum absolute atomic E-state index is 12.4. The van der Waals surface area contributed by atoms with Crippen LogP contribution in [-0.2, 0) is 33.3 Å². The molecule has 1 aromatic heterocycles. The van der Waals surface area contributed by atoms with Gasteiger partial charge in [0.1, 0.15) is 4.90 Å². The number of halogens is 1. The molecule has 10 nitrogen and oxygen atoms in total. The summed E-state index contributed by atoms with van der Waals surface area (Å²) in [5.41, 5.74) is 5.23. The summed E-state index contributed by atoms with van der Waals surface area (Å²) >= 11 is 6.38. The molecule has 0 saturated heterocycles. The van der Waals surface area contributed by atoms with Crippen LogP contribution in [0.4, 0.5) is 5.69 Å². The number of hydrogen-bond acceptors (Lipinski definition) is 7. The minimum atomic E-state index is -4.52. The van der Waals surface area contributed by atoms with E-state index >= 15 is 0 Å². The highest BCUT2D eigenvalue weighted by atomic mass is 35.5. The number of aromatic nitrogens is 1. The highest BCUT2D eigenvalue weighted by Gasteiger charge is 2.30. The summed E-state index contributed by atoms with van der Waals surface area (Å²) in [4.78, 5) is 1.34. The second kappa shape index (κ2) is 14.1. The highest BCUT2D eigenvalue weighted by molar-refractivity contribution is 7.86. The summed E-state index contributed by atoms with van der Waals surface area (Å²) in [5.74, 6) is 1.28. The van der Waals surface area contributed by atoms with Crippen LogP contribution in [0, 0.1) is 0 Å². The lowest BCUT2D eigenvalue weighted by Gasteiger charge is -2.20. The lowest BCUT2D eigenvalue weighted by Crippen LogP contribution is -2.36. The van der Waals surface area contributed by atoms with Crippen LogP contribution in [0.2, 0.25) is 5.02 Å². The molecule has 264 valence electrons. The van der Waals surface area contributed by atoms with E-state index in [0.717, 1.165) is 16.7 Å². The molecule has 13 heteroatoms. The molecule has 0 aliphatic carbocycles. The average molecular weight is 756 g/mol. The van der Waals surface area contributed by atoms with Crippen molar-refractivity contribution in [1.29, 1.82) is 0 Å². The van der Waals surface area contributed by atoms with Crippen molar-refractivity contribution in [2.75, 3.05) is 4.90 Å². The van der Waals surface area contributed by atoms with Gasteiger partial charge in [0.05, 0.1) is 23.2 Å². The standard InChI is InChI=1S/C39H31ClN2O8S2/c1-2-26(21-39-42(33-23-31(40)17-19-35(33)50-39)25-30-13-7-9-15-37(30)52(46,47)48)20-38-41(24-29-12-6-8-14-36(29)51(43,44)45)32-22-28(16-18-34(32)49-38)27-10-4-3-5-11-27/h3-23H,2,24-25H2,1H3,(H-,43,44,45,46,47,48)/p+1. The van der Waals surface area contributed by atoms with Crippen LogP contribution in [-0.4, -0.2) is 25.9 Å². The van der Waals surface area contributed by atoms with Gasteiger partial charge in [0.15, 0.2) is 12.3 Å². The van der Waals surface area contributed by atoms with Gasteiger partial charge in [-0.1, -0.05) is 91.3 Å². The monoisotopic (exact) mass is 755 g/mol. The maximum atomic E-state index is 12.4. The molecule has 1 aliphatic rings. The van der Waals surface area contributed by atoms with Gasteiger partial charge in [-0.15, -0.1) is 0 Å². The molecule has 0 fully saturated rings. The van der Waals surface area contributed by atoms with Crippen molar-refractivity contribution < 1.29 is 39.7 Å². The average Bonchev–Trinajstić information content (AvgIpc) is 3.63. The SMILES string of the molecule is CCC(=C/c1oc2ccc(-c3ccccc3)cc2[n+]1Cc1ccccc1S(=O)(=O)O)/C=C1/Oc2ccc(Cl)cc2N1Cc1ccccc1S(=O)(=O)O. The van der Waals surface area contributed by atoms with Crippen LogP contribution in [0.15, 0.2) is 147 Å². The lowest BCUT2D eigenvalue weighted by atomic mass is 10.1. The van der Waals surface area contributed by atoms with E-state index < -0.39 is 20.2 Å². The van der Waals surface area contributed by atoms with E-state index in [1.807, 2.05) is 72.2 Å². The summed E-state index contributed by atoms with van der Waals surface area (Å²) in [7, 11) is -9.04. The molecule has 2 heterocycles.